The monoisotopic (exact) mass is 288 g/mol. The summed E-state index contributed by atoms with van der Waals surface area (Å²) in [4.78, 5) is 0.159. The van der Waals surface area contributed by atoms with E-state index < -0.39 is 10.0 Å². The molecule has 0 saturated carbocycles. The smallest absolute Gasteiger partial charge is 0.263 e. The van der Waals surface area contributed by atoms with E-state index in [9.17, 15) is 8.42 Å². The molecule has 0 fully saturated rings. The first-order valence-electron chi connectivity index (χ1n) is 5.93. The molecule has 0 amide bonds. The van der Waals surface area contributed by atoms with Gasteiger partial charge in [-0.1, -0.05) is 12.1 Å². The zero-order chi connectivity index (χ0) is 14.2. The van der Waals surface area contributed by atoms with Crippen LogP contribution in [0.15, 0.2) is 53.8 Å². The molecule has 7 heteroatoms. The molecule has 0 spiro atoms. The van der Waals surface area contributed by atoms with Crippen molar-refractivity contribution in [1.82, 2.24) is 14.6 Å². The summed E-state index contributed by atoms with van der Waals surface area (Å²) in [6.07, 6.45) is 2.94. The van der Waals surface area contributed by atoms with Gasteiger partial charge in [0.05, 0.1) is 0 Å². The molecule has 0 aliphatic rings. The molecule has 1 aromatic carbocycles. The van der Waals surface area contributed by atoms with Crippen LogP contribution in [0.1, 0.15) is 5.56 Å². The van der Waals surface area contributed by atoms with Crippen LogP contribution in [0.4, 0.5) is 5.69 Å². The van der Waals surface area contributed by atoms with Gasteiger partial charge in [0.15, 0.2) is 5.65 Å². The second kappa shape index (κ2) is 4.61. The Morgan fingerprint density at radius 3 is 2.85 bits per heavy atom. The van der Waals surface area contributed by atoms with Crippen molar-refractivity contribution in [3.63, 3.8) is 0 Å². The lowest BCUT2D eigenvalue weighted by Crippen LogP contribution is -2.13. The Morgan fingerprint density at radius 2 is 2.05 bits per heavy atom. The summed E-state index contributed by atoms with van der Waals surface area (Å²) in [5.74, 6) is 0. The Morgan fingerprint density at radius 1 is 1.20 bits per heavy atom. The number of hydrogen-bond acceptors (Lipinski definition) is 4. The molecule has 0 radical (unpaired) electrons. The van der Waals surface area contributed by atoms with Gasteiger partial charge in [-0.3, -0.25) is 9.12 Å². The summed E-state index contributed by atoms with van der Waals surface area (Å²) in [7, 11) is -3.63. The van der Waals surface area contributed by atoms with Gasteiger partial charge in [-0.2, -0.15) is 0 Å². The summed E-state index contributed by atoms with van der Waals surface area (Å²) >= 11 is 0. The Bertz CT molecular complexity index is 871. The first-order chi connectivity index (χ1) is 9.54. The lowest BCUT2D eigenvalue weighted by molar-refractivity contribution is 0.600. The average Bonchev–Trinajstić information content (AvgIpc) is 2.85. The molecule has 0 unspecified atom stereocenters. The Labute approximate surface area is 116 Å². The van der Waals surface area contributed by atoms with Crippen LogP contribution < -0.4 is 4.72 Å². The van der Waals surface area contributed by atoms with E-state index in [-0.39, 0.29) is 4.90 Å². The molecule has 2 heterocycles. The number of rotatable bonds is 3. The molecule has 0 aliphatic carbocycles. The highest BCUT2D eigenvalue weighted by Gasteiger charge is 2.15. The van der Waals surface area contributed by atoms with Crippen LogP contribution in [-0.4, -0.2) is 23.0 Å². The lowest BCUT2D eigenvalue weighted by Gasteiger charge is -2.08. The number of benzene rings is 1. The Hall–Kier alpha value is -2.41. The molecule has 1 N–H and O–H groups in total. The number of nitrogens with zero attached hydrogens (tertiary/aromatic N) is 3. The summed E-state index contributed by atoms with van der Waals surface area (Å²) in [6.45, 7) is 1.90. The maximum absolute atomic E-state index is 12.3. The fourth-order valence-corrected chi connectivity index (χ4v) is 2.94. The number of anilines is 1. The number of aromatic nitrogens is 3. The molecule has 0 bridgehead atoms. The van der Waals surface area contributed by atoms with Crippen molar-refractivity contribution >= 4 is 21.4 Å². The first-order valence-corrected chi connectivity index (χ1v) is 7.42. The van der Waals surface area contributed by atoms with Crippen molar-refractivity contribution in [2.24, 2.45) is 0 Å². The van der Waals surface area contributed by atoms with E-state index in [0.29, 0.717) is 11.3 Å². The second-order valence-corrected chi connectivity index (χ2v) is 6.12. The zero-order valence-electron chi connectivity index (χ0n) is 10.7. The molecule has 20 heavy (non-hydrogen) atoms. The minimum Gasteiger partial charge on any atom is -0.288 e. The van der Waals surface area contributed by atoms with Gasteiger partial charge in [0.2, 0.25) is 0 Å². The van der Waals surface area contributed by atoms with Crippen LogP contribution in [0.2, 0.25) is 0 Å². The number of nitrogens with one attached hydrogen (secondary N) is 1. The topological polar surface area (TPSA) is 76.4 Å². The summed E-state index contributed by atoms with van der Waals surface area (Å²) in [5, 5.41) is 7.55. The highest BCUT2D eigenvalue weighted by Crippen LogP contribution is 2.17. The third-order valence-electron chi connectivity index (χ3n) is 2.84. The van der Waals surface area contributed by atoms with E-state index in [1.54, 1.807) is 28.7 Å². The van der Waals surface area contributed by atoms with Crippen molar-refractivity contribution in [2.75, 3.05) is 4.72 Å². The van der Waals surface area contributed by atoms with Gasteiger partial charge >= 0.3 is 0 Å². The van der Waals surface area contributed by atoms with E-state index in [0.717, 1.165) is 5.56 Å². The van der Waals surface area contributed by atoms with Crippen LogP contribution in [0.25, 0.3) is 5.65 Å². The number of hydrogen-bond donors (Lipinski definition) is 1. The van der Waals surface area contributed by atoms with E-state index >= 15 is 0 Å². The molecule has 0 aliphatic heterocycles. The SMILES string of the molecule is Cc1cccc(NS(=O)(=O)c2ccc3nncn3c2)c1. The van der Waals surface area contributed by atoms with E-state index in [1.165, 1.54) is 18.6 Å². The zero-order valence-corrected chi connectivity index (χ0v) is 11.5. The predicted octanol–water partition coefficient (Wildman–Crippen LogP) is 1.84. The predicted molar refractivity (Wildman–Crippen MR) is 75.0 cm³/mol. The Kier molecular flexibility index (Phi) is 2.90. The fourth-order valence-electron chi connectivity index (χ4n) is 1.89. The maximum Gasteiger partial charge on any atom is 0.263 e. The first kappa shape index (κ1) is 12.6. The normalized spacial score (nSPS) is 11.7. The van der Waals surface area contributed by atoms with Gasteiger partial charge in [0.25, 0.3) is 10.0 Å². The summed E-state index contributed by atoms with van der Waals surface area (Å²) < 4.78 is 28.7. The molecule has 6 nitrogen and oxygen atoms in total. The minimum atomic E-state index is -3.63. The standard InChI is InChI=1S/C13H12N4O2S/c1-10-3-2-4-11(7-10)16-20(18,19)12-5-6-13-15-14-9-17(13)8-12/h2-9,16H,1H3. The highest BCUT2D eigenvalue weighted by atomic mass is 32.2. The van der Waals surface area contributed by atoms with Crippen LogP contribution in [-0.2, 0) is 10.0 Å². The van der Waals surface area contributed by atoms with Crippen LogP contribution in [0.5, 0.6) is 0 Å². The second-order valence-electron chi connectivity index (χ2n) is 4.44. The van der Waals surface area contributed by atoms with Gasteiger partial charge in [-0.25, -0.2) is 8.42 Å². The maximum atomic E-state index is 12.3. The highest BCUT2D eigenvalue weighted by molar-refractivity contribution is 7.92. The van der Waals surface area contributed by atoms with Crippen molar-refractivity contribution in [1.29, 1.82) is 0 Å². The fraction of sp³-hybridized carbons (Fsp3) is 0.0769. The number of aryl methyl sites for hydroxylation is 1. The van der Waals surface area contributed by atoms with Crippen LogP contribution in [0, 0.1) is 6.92 Å². The summed E-state index contributed by atoms with van der Waals surface area (Å²) in [5.41, 5.74) is 2.12. The molecule has 2 aromatic heterocycles. The minimum absolute atomic E-state index is 0.159. The number of fused-ring (bicyclic) bond motifs is 1. The molecule has 0 saturated heterocycles. The van der Waals surface area contributed by atoms with Gasteiger partial charge in [0.1, 0.15) is 11.2 Å². The van der Waals surface area contributed by atoms with Gasteiger partial charge < -0.3 is 0 Å². The number of pyridine rings is 1. The van der Waals surface area contributed by atoms with Crippen LogP contribution in [0.3, 0.4) is 0 Å². The van der Waals surface area contributed by atoms with E-state index in [2.05, 4.69) is 14.9 Å². The molecular formula is C13H12N4O2S. The number of sulfonamides is 1. The van der Waals surface area contributed by atoms with Crippen molar-refractivity contribution < 1.29 is 8.42 Å². The van der Waals surface area contributed by atoms with E-state index in [1.807, 2.05) is 13.0 Å². The largest absolute Gasteiger partial charge is 0.288 e. The van der Waals surface area contributed by atoms with Crippen molar-refractivity contribution in [2.45, 2.75) is 11.8 Å². The van der Waals surface area contributed by atoms with Crippen LogP contribution >= 0.6 is 0 Å². The van der Waals surface area contributed by atoms with Crippen molar-refractivity contribution in [3.8, 4) is 0 Å². The molecule has 0 atom stereocenters. The molecule has 3 rings (SSSR count). The quantitative estimate of drug-likeness (QED) is 0.798. The Balaban J connectivity index is 1.98. The van der Waals surface area contributed by atoms with Gasteiger partial charge in [0, 0.05) is 11.9 Å². The third kappa shape index (κ3) is 2.35. The third-order valence-corrected chi connectivity index (χ3v) is 4.21. The average molecular weight is 288 g/mol. The van der Waals surface area contributed by atoms with Gasteiger partial charge in [-0.15, -0.1) is 10.2 Å². The summed E-state index contributed by atoms with van der Waals surface area (Å²) in [6, 6.07) is 10.3. The molecule has 3 aromatic rings. The van der Waals surface area contributed by atoms with Crippen molar-refractivity contribution in [3.05, 3.63) is 54.5 Å². The van der Waals surface area contributed by atoms with Gasteiger partial charge in [-0.05, 0) is 36.8 Å². The van der Waals surface area contributed by atoms with E-state index in [4.69, 9.17) is 0 Å². The lowest BCUT2D eigenvalue weighted by atomic mass is 10.2. The molecule has 102 valence electrons. The molecular weight excluding hydrogens is 276 g/mol.